The van der Waals surface area contributed by atoms with Crippen molar-refractivity contribution in [2.24, 2.45) is 0 Å². The van der Waals surface area contributed by atoms with Crippen molar-refractivity contribution in [3.63, 3.8) is 0 Å². The molecule has 0 spiro atoms. The summed E-state index contributed by atoms with van der Waals surface area (Å²) in [6, 6.07) is 3.88. The van der Waals surface area contributed by atoms with Gasteiger partial charge in [-0.25, -0.2) is 0 Å². The number of carbonyl (C=O) groups excluding carboxylic acids is 2. The van der Waals surface area contributed by atoms with Crippen molar-refractivity contribution in [3.8, 4) is 0 Å². The predicted molar refractivity (Wildman–Crippen MR) is 65.8 cm³/mol. The third-order valence-corrected chi connectivity index (χ3v) is 3.56. The van der Waals surface area contributed by atoms with Gasteiger partial charge >= 0.3 is 0 Å². The summed E-state index contributed by atoms with van der Waals surface area (Å²) in [6.07, 6.45) is 2.32. The van der Waals surface area contributed by atoms with E-state index in [4.69, 9.17) is 11.6 Å². The Morgan fingerprint density at radius 1 is 1.35 bits per heavy atom. The molecule has 1 saturated carbocycles. The minimum atomic E-state index is -0.581. The molecule has 0 radical (unpaired) electrons. The van der Waals surface area contributed by atoms with Crippen molar-refractivity contribution >= 4 is 34.7 Å². The molecule has 3 rings (SSSR count). The number of anilines is 2. The van der Waals surface area contributed by atoms with E-state index in [0.717, 1.165) is 18.5 Å². The third-order valence-electron chi connectivity index (χ3n) is 3.26. The molecule has 1 aliphatic heterocycles. The van der Waals surface area contributed by atoms with Crippen LogP contribution < -0.4 is 10.2 Å². The molecular weight excluding hydrogens is 240 g/mol. The molecule has 1 aromatic rings. The first-order valence-corrected chi connectivity index (χ1v) is 5.88. The zero-order valence-corrected chi connectivity index (χ0v) is 10.0. The number of nitrogens with zero attached hydrogens (tertiary/aromatic N) is 1. The average Bonchev–Trinajstić information content (AvgIpc) is 3.09. The summed E-state index contributed by atoms with van der Waals surface area (Å²) in [5.74, 6) is -1.09. The first-order chi connectivity index (χ1) is 8.08. The second kappa shape index (κ2) is 3.47. The van der Waals surface area contributed by atoms with Gasteiger partial charge in [0.1, 0.15) is 0 Å². The van der Waals surface area contributed by atoms with Crippen molar-refractivity contribution < 1.29 is 9.59 Å². The maximum absolute atomic E-state index is 11.5. The van der Waals surface area contributed by atoms with Gasteiger partial charge in [-0.3, -0.25) is 9.59 Å². The third kappa shape index (κ3) is 1.60. The van der Waals surface area contributed by atoms with Gasteiger partial charge in [0.2, 0.25) is 0 Å². The molecule has 0 bridgehead atoms. The van der Waals surface area contributed by atoms with Crippen LogP contribution in [0.5, 0.6) is 0 Å². The molecule has 5 heteroatoms. The minimum absolute atomic E-state index is 0.368. The Hall–Kier alpha value is -1.55. The molecule has 0 unspecified atom stereocenters. The standard InChI is InChI=1S/C12H11ClN2O2/c1-15(6-2-3-6)10-5-9-7(4-8(10)13)11(16)12(17)14-9/h4-6H,2-3H2,1H3,(H,14,16,17). The Morgan fingerprint density at radius 2 is 2.06 bits per heavy atom. The lowest BCUT2D eigenvalue weighted by Gasteiger charge is -2.20. The lowest BCUT2D eigenvalue weighted by Crippen LogP contribution is -2.19. The van der Waals surface area contributed by atoms with Crippen LogP contribution >= 0.6 is 11.6 Å². The van der Waals surface area contributed by atoms with E-state index in [9.17, 15) is 9.59 Å². The quantitative estimate of drug-likeness (QED) is 0.818. The van der Waals surface area contributed by atoms with Crippen LogP contribution in [0.3, 0.4) is 0 Å². The van der Waals surface area contributed by atoms with Crippen molar-refractivity contribution in [2.45, 2.75) is 18.9 Å². The van der Waals surface area contributed by atoms with E-state index in [1.165, 1.54) is 0 Å². The summed E-state index contributed by atoms with van der Waals surface area (Å²) in [5.41, 5.74) is 1.79. The van der Waals surface area contributed by atoms with Gasteiger partial charge in [-0.1, -0.05) is 11.6 Å². The highest BCUT2D eigenvalue weighted by Gasteiger charge is 2.32. The smallest absolute Gasteiger partial charge is 0.296 e. The van der Waals surface area contributed by atoms with Crippen LogP contribution in [0.2, 0.25) is 5.02 Å². The maximum atomic E-state index is 11.5. The van der Waals surface area contributed by atoms with Crippen LogP contribution in [0.1, 0.15) is 23.2 Å². The van der Waals surface area contributed by atoms with E-state index in [0.29, 0.717) is 22.3 Å². The molecule has 1 aliphatic carbocycles. The van der Waals surface area contributed by atoms with E-state index >= 15 is 0 Å². The first kappa shape index (κ1) is 10.6. The van der Waals surface area contributed by atoms with E-state index in [2.05, 4.69) is 10.2 Å². The predicted octanol–water partition coefficient (Wildman–Crippen LogP) is 2.07. The molecule has 2 aliphatic rings. The Morgan fingerprint density at radius 3 is 2.71 bits per heavy atom. The summed E-state index contributed by atoms with van der Waals surface area (Å²) < 4.78 is 0. The molecule has 17 heavy (non-hydrogen) atoms. The summed E-state index contributed by atoms with van der Waals surface area (Å²) >= 11 is 6.15. The van der Waals surface area contributed by atoms with E-state index in [-0.39, 0.29) is 0 Å². The number of Topliss-reactive ketones (excluding diaryl/α,β-unsaturated/α-hetero) is 1. The number of hydrogen-bond acceptors (Lipinski definition) is 3. The van der Waals surface area contributed by atoms with E-state index in [1.807, 2.05) is 7.05 Å². The van der Waals surface area contributed by atoms with Crippen LogP contribution in [-0.2, 0) is 4.79 Å². The average molecular weight is 251 g/mol. The van der Waals surface area contributed by atoms with Crippen LogP contribution in [-0.4, -0.2) is 24.8 Å². The highest BCUT2D eigenvalue weighted by atomic mass is 35.5. The molecule has 1 heterocycles. The molecule has 88 valence electrons. The minimum Gasteiger partial charge on any atom is -0.370 e. The fourth-order valence-electron chi connectivity index (χ4n) is 2.08. The first-order valence-electron chi connectivity index (χ1n) is 5.50. The molecule has 0 aromatic heterocycles. The number of ketones is 1. The van der Waals surface area contributed by atoms with Crippen molar-refractivity contribution in [3.05, 3.63) is 22.7 Å². The fourth-order valence-corrected chi connectivity index (χ4v) is 2.38. The zero-order chi connectivity index (χ0) is 12.2. The van der Waals surface area contributed by atoms with Gasteiger partial charge in [-0.2, -0.15) is 0 Å². The highest BCUT2D eigenvalue weighted by Crippen LogP contribution is 2.38. The van der Waals surface area contributed by atoms with E-state index in [1.54, 1.807) is 12.1 Å². The molecule has 4 nitrogen and oxygen atoms in total. The van der Waals surface area contributed by atoms with Crippen LogP contribution in [0.4, 0.5) is 11.4 Å². The van der Waals surface area contributed by atoms with Crippen molar-refractivity contribution in [1.82, 2.24) is 0 Å². The van der Waals surface area contributed by atoms with E-state index < -0.39 is 11.7 Å². The normalized spacial score (nSPS) is 18.0. The second-order valence-electron chi connectivity index (χ2n) is 4.47. The van der Waals surface area contributed by atoms with Gasteiger partial charge in [0.05, 0.1) is 22.0 Å². The van der Waals surface area contributed by atoms with Crippen LogP contribution in [0, 0.1) is 0 Å². The van der Waals surface area contributed by atoms with Gasteiger partial charge in [-0.15, -0.1) is 0 Å². The molecule has 0 atom stereocenters. The molecule has 1 N–H and O–H groups in total. The van der Waals surface area contributed by atoms with Gasteiger partial charge in [0.25, 0.3) is 11.7 Å². The molecule has 1 fully saturated rings. The van der Waals surface area contributed by atoms with Gasteiger partial charge < -0.3 is 10.2 Å². The Labute approximate surface area is 104 Å². The molecular formula is C12H11ClN2O2. The fraction of sp³-hybridized carbons (Fsp3) is 0.333. The summed E-state index contributed by atoms with van der Waals surface area (Å²) in [6.45, 7) is 0. The number of nitrogens with one attached hydrogen (secondary N) is 1. The SMILES string of the molecule is CN(c1cc2c(cc1Cl)C(=O)C(=O)N2)C1CC1. The Bertz CT molecular complexity index is 538. The second-order valence-corrected chi connectivity index (χ2v) is 4.88. The monoisotopic (exact) mass is 250 g/mol. The lowest BCUT2D eigenvalue weighted by molar-refractivity contribution is -0.112. The van der Waals surface area contributed by atoms with Gasteiger partial charge in [-0.05, 0) is 25.0 Å². The van der Waals surface area contributed by atoms with Gasteiger partial charge in [0.15, 0.2) is 0 Å². The largest absolute Gasteiger partial charge is 0.370 e. The number of amides is 1. The van der Waals surface area contributed by atoms with Crippen LogP contribution in [0.25, 0.3) is 0 Å². The molecule has 1 aromatic carbocycles. The Kier molecular flexibility index (Phi) is 2.16. The zero-order valence-electron chi connectivity index (χ0n) is 9.29. The summed E-state index contributed by atoms with van der Waals surface area (Å²) in [7, 11) is 1.98. The number of hydrogen-bond donors (Lipinski definition) is 1. The molecule has 0 saturated heterocycles. The van der Waals surface area contributed by atoms with Crippen LogP contribution in [0.15, 0.2) is 12.1 Å². The summed E-state index contributed by atoms with van der Waals surface area (Å²) in [5, 5.41) is 3.07. The highest BCUT2D eigenvalue weighted by molar-refractivity contribution is 6.52. The topological polar surface area (TPSA) is 49.4 Å². The number of carbonyl (C=O) groups is 2. The Balaban J connectivity index is 2.05. The van der Waals surface area contributed by atoms with Crippen molar-refractivity contribution in [1.29, 1.82) is 0 Å². The number of halogens is 1. The molecule has 1 amide bonds. The number of rotatable bonds is 2. The number of fused-ring (bicyclic) bond motifs is 1. The lowest BCUT2D eigenvalue weighted by atomic mass is 10.1. The maximum Gasteiger partial charge on any atom is 0.296 e. The number of benzene rings is 1. The van der Waals surface area contributed by atoms with Crippen molar-refractivity contribution in [2.75, 3.05) is 17.3 Å². The van der Waals surface area contributed by atoms with Gasteiger partial charge in [0, 0.05) is 13.1 Å². The summed E-state index contributed by atoms with van der Waals surface area (Å²) in [4.78, 5) is 24.8.